The Morgan fingerprint density at radius 1 is 1.37 bits per heavy atom. The number of anilines is 1. The molecule has 9 heteroatoms. The third-order valence-electron chi connectivity index (χ3n) is 2.43. The number of nitrogens with zero attached hydrogens (tertiary/aromatic N) is 4. The highest BCUT2D eigenvalue weighted by molar-refractivity contribution is 5.84. The van der Waals surface area contributed by atoms with Crippen molar-refractivity contribution >= 4 is 16.9 Å². The SMILES string of the molecule is Cn1ncc2c(N)nc(COCCC(F)(F)F)nc21. The van der Waals surface area contributed by atoms with Crippen molar-refractivity contribution in [3.8, 4) is 0 Å². The van der Waals surface area contributed by atoms with Crippen LogP contribution in [0.3, 0.4) is 0 Å². The average Bonchev–Trinajstić information content (AvgIpc) is 2.66. The summed E-state index contributed by atoms with van der Waals surface area (Å²) in [7, 11) is 1.68. The lowest BCUT2D eigenvalue weighted by molar-refractivity contribution is -0.146. The number of halogens is 3. The minimum atomic E-state index is -4.23. The van der Waals surface area contributed by atoms with E-state index in [4.69, 9.17) is 10.5 Å². The van der Waals surface area contributed by atoms with Crippen molar-refractivity contribution in [2.24, 2.45) is 7.05 Å². The molecule has 0 saturated carbocycles. The van der Waals surface area contributed by atoms with Crippen LogP contribution in [-0.2, 0) is 18.4 Å². The third-order valence-corrected chi connectivity index (χ3v) is 2.43. The smallest absolute Gasteiger partial charge is 0.383 e. The van der Waals surface area contributed by atoms with E-state index in [0.29, 0.717) is 11.0 Å². The molecule has 0 aliphatic heterocycles. The predicted octanol–water partition coefficient (Wildman–Crippen LogP) is 1.41. The fourth-order valence-corrected chi connectivity index (χ4v) is 1.51. The van der Waals surface area contributed by atoms with Crippen LogP contribution in [0.4, 0.5) is 19.0 Å². The molecular weight excluding hydrogens is 263 g/mol. The van der Waals surface area contributed by atoms with Crippen LogP contribution < -0.4 is 5.73 Å². The van der Waals surface area contributed by atoms with Crippen molar-refractivity contribution in [2.75, 3.05) is 12.3 Å². The number of nitrogen functional groups attached to an aromatic ring is 1. The summed E-state index contributed by atoms with van der Waals surface area (Å²) in [4.78, 5) is 8.09. The van der Waals surface area contributed by atoms with E-state index in [9.17, 15) is 13.2 Å². The second kappa shape index (κ2) is 5.00. The normalized spacial score (nSPS) is 12.2. The van der Waals surface area contributed by atoms with Crippen molar-refractivity contribution in [1.29, 1.82) is 0 Å². The molecule has 19 heavy (non-hydrogen) atoms. The number of rotatable bonds is 4. The number of hydrogen-bond acceptors (Lipinski definition) is 5. The number of nitrogens with two attached hydrogens (primary N) is 1. The fourth-order valence-electron chi connectivity index (χ4n) is 1.51. The zero-order valence-corrected chi connectivity index (χ0v) is 10.1. The third kappa shape index (κ3) is 3.31. The molecule has 2 N–H and O–H groups in total. The first-order valence-electron chi connectivity index (χ1n) is 5.45. The lowest BCUT2D eigenvalue weighted by Crippen LogP contribution is -2.12. The summed E-state index contributed by atoms with van der Waals surface area (Å²) >= 11 is 0. The minimum absolute atomic E-state index is 0.124. The van der Waals surface area contributed by atoms with Gasteiger partial charge in [0.25, 0.3) is 0 Å². The van der Waals surface area contributed by atoms with Crippen LogP contribution in [0, 0.1) is 0 Å². The summed E-state index contributed by atoms with van der Waals surface area (Å²) in [6.45, 7) is -0.558. The highest BCUT2D eigenvalue weighted by Crippen LogP contribution is 2.20. The van der Waals surface area contributed by atoms with E-state index >= 15 is 0 Å². The van der Waals surface area contributed by atoms with Gasteiger partial charge in [-0.1, -0.05) is 0 Å². The van der Waals surface area contributed by atoms with Crippen LogP contribution in [0.1, 0.15) is 12.2 Å². The summed E-state index contributed by atoms with van der Waals surface area (Å²) in [5.74, 6) is 0.461. The Morgan fingerprint density at radius 3 is 2.79 bits per heavy atom. The molecule has 0 aromatic carbocycles. The van der Waals surface area contributed by atoms with E-state index in [1.54, 1.807) is 7.05 Å². The molecule has 0 aliphatic carbocycles. The summed E-state index contributed by atoms with van der Waals surface area (Å²) in [6, 6.07) is 0. The van der Waals surface area contributed by atoms with E-state index in [1.807, 2.05) is 0 Å². The van der Waals surface area contributed by atoms with E-state index in [2.05, 4.69) is 15.1 Å². The van der Waals surface area contributed by atoms with Crippen molar-refractivity contribution < 1.29 is 17.9 Å². The molecule has 2 aromatic heterocycles. The first-order chi connectivity index (χ1) is 8.87. The maximum absolute atomic E-state index is 11.9. The highest BCUT2D eigenvalue weighted by atomic mass is 19.4. The first kappa shape index (κ1) is 13.5. The summed E-state index contributed by atoms with van der Waals surface area (Å²) in [5.41, 5.74) is 6.22. The van der Waals surface area contributed by atoms with E-state index in [0.717, 1.165) is 0 Å². The van der Waals surface area contributed by atoms with Gasteiger partial charge in [0.05, 0.1) is 24.6 Å². The molecule has 2 rings (SSSR count). The molecule has 2 aromatic rings. The van der Waals surface area contributed by atoms with Gasteiger partial charge >= 0.3 is 6.18 Å². The molecule has 104 valence electrons. The highest BCUT2D eigenvalue weighted by Gasteiger charge is 2.26. The Bertz CT molecular complexity index is 580. The number of fused-ring (bicyclic) bond motifs is 1. The molecule has 0 amide bonds. The van der Waals surface area contributed by atoms with Gasteiger partial charge in [-0.2, -0.15) is 18.3 Å². The van der Waals surface area contributed by atoms with E-state index < -0.39 is 19.2 Å². The van der Waals surface area contributed by atoms with Crippen LogP contribution >= 0.6 is 0 Å². The Labute approximate surface area is 106 Å². The Kier molecular flexibility index (Phi) is 3.56. The molecule has 0 aliphatic rings. The van der Waals surface area contributed by atoms with Crippen LogP contribution in [0.25, 0.3) is 11.0 Å². The van der Waals surface area contributed by atoms with Gasteiger partial charge in [-0.15, -0.1) is 0 Å². The van der Waals surface area contributed by atoms with Gasteiger partial charge < -0.3 is 10.5 Å². The number of aryl methyl sites for hydroxylation is 1. The monoisotopic (exact) mass is 275 g/mol. The van der Waals surface area contributed by atoms with Crippen molar-refractivity contribution in [3.63, 3.8) is 0 Å². The maximum Gasteiger partial charge on any atom is 0.391 e. The molecule has 0 spiro atoms. The number of ether oxygens (including phenoxy) is 1. The van der Waals surface area contributed by atoms with Gasteiger partial charge in [-0.05, 0) is 0 Å². The second-order valence-electron chi connectivity index (χ2n) is 3.95. The minimum Gasteiger partial charge on any atom is -0.383 e. The molecule has 0 bridgehead atoms. The van der Waals surface area contributed by atoms with E-state index in [1.165, 1.54) is 10.9 Å². The Hall–Kier alpha value is -1.90. The van der Waals surface area contributed by atoms with Crippen molar-refractivity contribution in [3.05, 3.63) is 12.0 Å². The Morgan fingerprint density at radius 2 is 2.11 bits per heavy atom. The van der Waals surface area contributed by atoms with Crippen LogP contribution in [-0.4, -0.2) is 32.5 Å². The topological polar surface area (TPSA) is 78.9 Å². The van der Waals surface area contributed by atoms with Crippen LogP contribution in [0.15, 0.2) is 6.20 Å². The molecule has 0 radical (unpaired) electrons. The molecule has 0 saturated heterocycles. The molecule has 0 unspecified atom stereocenters. The lowest BCUT2D eigenvalue weighted by Gasteiger charge is -2.07. The van der Waals surface area contributed by atoms with Crippen LogP contribution in [0.5, 0.6) is 0 Å². The summed E-state index contributed by atoms with van der Waals surface area (Å²) in [5, 5.41) is 4.57. The number of aromatic nitrogens is 4. The maximum atomic E-state index is 11.9. The number of hydrogen-bond donors (Lipinski definition) is 1. The zero-order valence-electron chi connectivity index (χ0n) is 10.1. The van der Waals surface area contributed by atoms with Gasteiger partial charge in [0, 0.05) is 7.05 Å². The molecule has 2 heterocycles. The fraction of sp³-hybridized carbons (Fsp3) is 0.500. The molecule has 0 atom stereocenters. The summed E-state index contributed by atoms with van der Waals surface area (Å²) in [6.07, 6.45) is -3.71. The van der Waals surface area contributed by atoms with Gasteiger partial charge in [0.1, 0.15) is 12.4 Å². The first-order valence-corrected chi connectivity index (χ1v) is 5.45. The molecular formula is C10H12F3N5O. The van der Waals surface area contributed by atoms with Crippen molar-refractivity contribution in [1.82, 2.24) is 19.7 Å². The zero-order chi connectivity index (χ0) is 14.0. The van der Waals surface area contributed by atoms with E-state index in [-0.39, 0.29) is 18.2 Å². The largest absolute Gasteiger partial charge is 0.391 e. The second-order valence-corrected chi connectivity index (χ2v) is 3.95. The van der Waals surface area contributed by atoms with Gasteiger partial charge in [-0.25, -0.2) is 9.97 Å². The van der Waals surface area contributed by atoms with Crippen molar-refractivity contribution in [2.45, 2.75) is 19.2 Å². The Balaban J connectivity index is 2.03. The summed E-state index contributed by atoms with van der Waals surface area (Å²) < 4.78 is 42.2. The van der Waals surface area contributed by atoms with Gasteiger partial charge in [0.15, 0.2) is 11.5 Å². The average molecular weight is 275 g/mol. The molecule has 0 fully saturated rings. The standard InChI is InChI=1S/C10H12F3N5O/c1-18-9-6(4-15-18)8(14)16-7(17-9)5-19-3-2-10(11,12)13/h4H,2-3,5H2,1H3,(H2,14,16,17). The molecule has 6 nitrogen and oxygen atoms in total. The predicted molar refractivity (Wildman–Crippen MR) is 61.0 cm³/mol. The van der Waals surface area contributed by atoms with Crippen LogP contribution in [0.2, 0.25) is 0 Å². The van der Waals surface area contributed by atoms with Gasteiger partial charge in [-0.3, -0.25) is 4.68 Å². The number of alkyl halides is 3. The quantitative estimate of drug-likeness (QED) is 0.853. The van der Waals surface area contributed by atoms with Gasteiger partial charge in [0.2, 0.25) is 0 Å². The lowest BCUT2D eigenvalue weighted by atomic mass is 10.4.